The summed E-state index contributed by atoms with van der Waals surface area (Å²) in [5, 5.41) is 0. The molecule has 6 heteroatoms. The van der Waals surface area contributed by atoms with Crippen molar-refractivity contribution in [3.8, 4) is 0 Å². The van der Waals surface area contributed by atoms with Crippen molar-refractivity contribution < 1.29 is 8.42 Å². The van der Waals surface area contributed by atoms with Gasteiger partial charge >= 0.3 is 0 Å². The molecule has 0 aliphatic heterocycles. The van der Waals surface area contributed by atoms with E-state index in [4.69, 9.17) is 0 Å². The molecule has 0 radical (unpaired) electrons. The van der Waals surface area contributed by atoms with Crippen LogP contribution in [0.25, 0.3) is 0 Å². The first-order valence-corrected chi connectivity index (χ1v) is 3.67. The maximum absolute atomic E-state index is 9.71. The standard InChI is InChI=1S/C2H4ClO2S.2Rf/c1-2-6(3,4)5;;/h2H,1H3;;/q-1;;. The van der Waals surface area contributed by atoms with E-state index in [0.29, 0.717) is 0 Å². The molecule has 0 fully saturated rings. The fourth-order valence-corrected chi connectivity index (χ4v) is 0. The Morgan fingerprint density at radius 3 is 1.50 bits per heavy atom. The minimum absolute atomic E-state index is 0. The van der Waals surface area contributed by atoms with Crippen LogP contribution >= 0.6 is 10.7 Å². The Hall–Kier alpha value is -1.76. The molecule has 8 heavy (non-hydrogen) atoms. The Morgan fingerprint density at radius 1 is 1.38 bits per heavy atom. The van der Waals surface area contributed by atoms with Crippen molar-refractivity contribution in [2.45, 2.75) is 6.92 Å². The van der Waals surface area contributed by atoms with Crippen molar-refractivity contribution in [1.82, 2.24) is 0 Å². The molecule has 0 aliphatic carbocycles. The third-order valence-corrected chi connectivity index (χ3v) is 1.38. The Kier molecular flexibility index (Phi) is 7.00. The van der Waals surface area contributed by atoms with Crippen molar-refractivity contribution in [3.63, 3.8) is 0 Å². The van der Waals surface area contributed by atoms with Gasteiger partial charge in [0.1, 0.15) is 9.05 Å². The molecule has 0 bridgehead atoms. The summed E-state index contributed by atoms with van der Waals surface area (Å²) in [7, 11) is 1.32. The largest absolute Gasteiger partial charge is 0.247 e. The van der Waals surface area contributed by atoms with Gasteiger partial charge in [-0.2, -0.15) is 12.7 Å². The topological polar surface area (TPSA) is 34.1 Å². The van der Waals surface area contributed by atoms with Crippen molar-refractivity contribution in [3.05, 3.63) is 5.75 Å². The van der Waals surface area contributed by atoms with E-state index in [2.05, 4.69) is 10.7 Å². The predicted molar refractivity (Wildman–Crippen MR) is 24.7 cm³/mol. The summed E-state index contributed by atoms with van der Waals surface area (Å²) < 4.78 is 19.4. The summed E-state index contributed by atoms with van der Waals surface area (Å²) in [5.74, 6) is 0.925. The molecule has 42 valence electrons. The van der Waals surface area contributed by atoms with Gasteiger partial charge in [0.05, 0.1) is 0 Å². The average Bonchev–Trinajstić information content (AvgIpc) is 1.35. The fraction of sp³-hybridized carbons (Fsp3) is 0.500. The maximum atomic E-state index is 9.71. The zero-order valence-corrected chi connectivity index (χ0v) is 19.0. The summed E-state index contributed by atoms with van der Waals surface area (Å²) in [6.45, 7) is 1.36. The second kappa shape index (κ2) is 3.43. The molecule has 0 unspecified atom stereocenters. The molecule has 2 nitrogen and oxygen atoms in total. The molecular weight excluding hydrogens is 658 g/mol. The molecule has 0 amide bonds. The van der Waals surface area contributed by atoms with Gasteiger partial charge in [-0.25, -0.2) is 8.42 Å². The van der Waals surface area contributed by atoms with Gasteiger partial charge in [-0.1, -0.05) is 0 Å². The Balaban J connectivity index is -0.000000125. The fourth-order valence-electron chi connectivity index (χ4n) is 0. The van der Waals surface area contributed by atoms with Crippen LogP contribution in [0.3, 0.4) is 0 Å². The van der Waals surface area contributed by atoms with Gasteiger partial charge in [0.25, 0.3) is 0 Å². The van der Waals surface area contributed by atoms with E-state index in [1.165, 1.54) is 6.92 Å². The van der Waals surface area contributed by atoms with Crippen LogP contribution in [0.1, 0.15) is 6.92 Å². The minimum atomic E-state index is -3.31. The number of hydrogen-bond acceptors (Lipinski definition) is 2. The van der Waals surface area contributed by atoms with Crippen LogP contribution in [-0.2, 0) is 9.05 Å². The van der Waals surface area contributed by atoms with Gasteiger partial charge in [0.2, 0.25) is 0 Å². The van der Waals surface area contributed by atoms with Gasteiger partial charge in [0.15, 0.2) is 0 Å². The van der Waals surface area contributed by atoms with Gasteiger partial charge in [-0.05, 0) is 10.7 Å². The third-order valence-electron chi connectivity index (χ3n) is 0.282. The Morgan fingerprint density at radius 2 is 1.50 bits per heavy atom. The average molecular weight is 662 g/mol. The van der Waals surface area contributed by atoms with E-state index in [-0.39, 0.29) is 0 Å². The van der Waals surface area contributed by atoms with Crippen LogP contribution in [-0.4, -0.2) is 8.42 Å². The van der Waals surface area contributed by atoms with Crippen molar-refractivity contribution >= 4 is 19.7 Å². The normalized spacial score (nSPS) is 8.75. The van der Waals surface area contributed by atoms with Crippen LogP contribution in [0.4, 0.5) is 0 Å². The summed E-state index contributed by atoms with van der Waals surface area (Å²) in [6, 6.07) is 0. The zero-order valence-electron chi connectivity index (χ0n) is 4.59. The van der Waals surface area contributed by atoms with Crippen LogP contribution in [0, 0.1) is 5.75 Å². The second-order valence-electron chi connectivity index (χ2n) is 0.711. The molecule has 0 aliphatic rings. The summed E-state index contributed by atoms with van der Waals surface area (Å²) >= 11 is 0. The molecule has 0 saturated carbocycles. The van der Waals surface area contributed by atoms with Gasteiger partial charge in [-0.15, -0.1) is 0 Å². The summed E-state index contributed by atoms with van der Waals surface area (Å²) in [6.07, 6.45) is 0. The minimum Gasteiger partial charge on any atom is -0.247 e. The Bertz CT molecular complexity index is 120. The van der Waals surface area contributed by atoms with E-state index in [1.54, 1.807) is 0 Å². The molecule has 0 saturated heterocycles. The smallest absolute Gasteiger partial charge is 0.104 e. The summed E-state index contributed by atoms with van der Waals surface area (Å²) in [5.41, 5.74) is 0. The molecule has 0 spiro atoms. The molecule has 0 aromatic carbocycles. The van der Waals surface area contributed by atoms with E-state index in [9.17, 15) is 8.42 Å². The van der Waals surface area contributed by atoms with Crippen molar-refractivity contribution in [2.75, 3.05) is 0 Å². The monoisotopic (exact) mass is 661 g/mol. The second-order valence-corrected chi connectivity index (χ2v) is 3.42. The maximum Gasteiger partial charge on any atom is 0.104 e. The first-order chi connectivity index (χ1) is 2.56. The van der Waals surface area contributed by atoms with Crippen LogP contribution in [0.15, 0.2) is 0 Å². The zero-order chi connectivity index (χ0) is 5.21. The van der Waals surface area contributed by atoms with Crippen LogP contribution in [0.5, 0.6) is 0 Å². The molecule has 0 rings (SSSR count). The Labute approximate surface area is 41.5 Å². The molecule has 0 heterocycles. The van der Waals surface area contributed by atoms with Gasteiger partial charge in [0, 0.05) is 0 Å². The van der Waals surface area contributed by atoms with Gasteiger partial charge < -0.3 is 0 Å². The third kappa shape index (κ3) is 28.9. The first kappa shape index (κ1) is 16.3. The van der Waals surface area contributed by atoms with Gasteiger partial charge in [-0.3, -0.25) is 0 Å². The molecular formula is C2H4ClO2Rf2S-. The number of halogens is 1. The molecule has 0 atom stereocenters. The predicted octanol–water partition coefficient (Wildman–Crippen LogP) is 0.737. The number of hydrogen-bond donors (Lipinski definition) is 0. The molecule has 0 aromatic rings. The van der Waals surface area contributed by atoms with Crippen LogP contribution in [0.2, 0.25) is 0 Å². The van der Waals surface area contributed by atoms with E-state index < -0.39 is 9.05 Å². The molecule has 0 aromatic heterocycles. The van der Waals surface area contributed by atoms with E-state index in [0.717, 1.165) is 5.75 Å². The van der Waals surface area contributed by atoms with E-state index in [1.807, 2.05) is 0 Å². The SMILES string of the molecule is C[CH-]S(=O)(=O)Cl.[Rf].[Rf]. The summed E-state index contributed by atoms with van der Waals surface area (Å²) in [4.78, 5) is 0. The number of rotatable bonds is 1. The quantitative estimate of drug-likeness (QED) is 0.307. The van der Waals surface area contributed by atoms with E-state index >= 15 is 0 Å². The van der Waals surface area contributed by atoms with Crippen LogP contribution < -0.4 is 0 Å². The van der Waals surface area contributed by atoms with Crippen molar-refractivity contribution in [1.29, 1.82) is 0 Å². The molecule has 0 N–H and O–H groups in total. The van der Waals surface area contributed by atoms with Crippen molar-refractivity contribution in [2.24, 2.45) is 0 Å². The first-order valence-electron chi connectivity index (χ1n) is 1.30.